The number of phenolic OH excluding ortho intramolecular Hbond substituents is 1. The minimum atomic E-state index is -1.15. The Morgan fingerprint density at radius 2 is 0.929 bits per heavy atom. The van der Waals surface area contributed by atoms with Gasteiger partial charge >= 0.3 is 11.4 Å². The fourth-order valence-electron chi connectivity index (χ4n) is 1.68. The van der Waals surface area contributed by atoms with E-state index in [1.807, 2.05) is 0 Å². The number of rotatable bonds is 4. The van der Waals surface area contributed by atoms with Crippen LogP contribution in [0.15, 0.2) is 28.7 Å². The molecule has 0 saturated carbocycles. The third-order valence-electron chi connectivity index (χ3n) is 2.82. The fourth-order valence-corrected chi connectivity index (χ4v) is 2.19. The lowest BCUT2D eigenvalue weighted by Gasteiger charge is -1.97. The van der Waals surface area contributed by atoms with Crippen LogP contribution in [0.1, 0.15) is 0 Å². The van der Waals surface area contributed by atoms with Gasteiger partial charge in [0, 0.05) is 0 Å². The molecule has 0 radical (unpaired) electrons. The topological polar surface area (TPSA) is 193 Å². The molecule has 28 heavy (non-hydrogen) atoms. The molecule has 0 unspecified atom stereocenters. The number of phenols is 1. The maximum atomic E-state index is 12.7. The fraction of sp³-hybridized carbons (Fsp3) is 0. The predicted molar refractivity (Wildman–Crippen MR) is 88.8 cm³/mol. The summed E-state index contributed by atoms with van der Waals surface area (Å²) >= 11 is 2.67. The molecule has 2 aromatic rings. The van der Waals surface area contributed by atoms with Crippen LogP contribution >= 0.6 is 15.9 Å². The summed E-state index contributed by atoms with van der Waals surface area (Å²) in [5.41, 5.74) is -3.40. The largest absolute Gasteiger partial charge is 0.497 e. The molecular weight excluding hydrogens is 462 g/mol. The molecule has 0 aliphatic rings. The van der Waals surface area contributed by atoms with Crippen molar-refractivity contribution in [1.82, 2.24) is 0 Å². The second-order valence-corrected chi connectivity index (χ2v) is 5.37. The second-order valence-electron chi connectivity index (χ2n) is 4.58. The number of nitro benzene ring substituents is 4. The van der Waals surface area contributed by atoms with Gasteiger partial charge in [-0.25, -0.2) is 8.78 Å². The van der Waals surface area contributed by atoms with Crippen molar-refractivity contribution in [2.75, 3.05) is 0 Å². The molecular formula is C12H5BrF2N4O9. The number of hydrogen-bond acceptors (Lipinski definition) is 9. The Morgan fingerprint density at radius 1 is 0.679 bits per heavy atom. The van der Waals surface area contributed by atoms with E-state index in [4.69, 9.17) is 5.11 Å². The number of aromatic hydroxyl groups is 1. The molecule has 0 amide bonds. The first kappa shape index (κ1) is 22.2. The highest BCUT2D eigenvalue weighted by Crippen LogP contribution is 2.36. The van der Waals surface area contributed by atoms with Crippen LogP contribution in [-0.2, 0) is 0 Å². The Morgan fingerprint density at radius 3 is 1.18 bits per heavy atom. The Balaban J connectivity index is 0.000000280. The summed E-state index contributed by atoms with van der Waals surface area (Å²) in [6.45, 7) is 0. The van der Waals surface area contributed by atoms with Gasteiger partial charge in [0.05, 0.1) is 44.0 Å². The van der Waals surface area contributed by atoms with Crippen molar-refractivity contribution < 1.29 is 33.6 Å². The first-order valence-electron chi connectivity index (χ1n) is 6.45. The van der Waals surface area contributed by atoms with Crippen LogP contribution in [-0.4, -0.2) is 24.8 Å². The van der Waals surface area contributed by atoms with Gasteiger partial charge in [0.2, 0.25) is 0 Å². The average molecular weight is 467 g/mol. The molecule has 0 aromatic heterocycles. The summed E-state index contributed by atoms with van der Waals surface area (Å²) in [5, 5.41) is 50.1. The molecule has 0 bridgehead atoms. The van der Waals surface area contributed by atoms with E-state index in [0.717, 1.165) is 0 Å². The van der Waals surface area contributed by atoms with E-state index < -0.39 is 59.8 Å². The monoisotopic (exact) mass is 466 g/mol. The summed E-state index contributed by atoms with van der Waals surface area (Å²) in [6, 6.07) is 2.03. The molecule has 0 fully saturated rings. The van der Waals surface area contributed by atoms with Gasteiger partial charge in [0.25, 0.3) is 17.1 Å². The van der Waals surface area contributed by atoms with Crippen LogP contribution in [0.5, 0.6) is 5.75 Å². The van der Waals surface area contributed by atoms with Gasteiger partial charge in [0.1, 0.15) is 11.6 Å². The van der Waals surface area contributed by atoms with E-state index in [-0.39, 0.29) is 4.47 Å². The molecule has 13 nitrogen and oxygen atoms in total. The lowest BCUT2D eigenvalue weighted by atomic mass is 10.2. The molecule has 0 aliphatic carbocycles. The first-order valence-corrected chi connectivity index (χ1v) is 7.25. The highest BCUT2D eigenvalue weighted by atomic mass is 79.9. The molecule has 0 atom stereocenters. The van der Waals surface area contributed by atoms with Crippen molar-refractivity contribution in [2.45, 2.75) is 0 Å². The Bertz CT molecular complexity index is 852. The lowest BCUT2D eigenvalue weighted by Crippen LogP contribution is -1.96. The van der Waals surface area contributed by atoms with Crippen molar-refractivity contribution in [3.63, 3.8) is 0 Å². The Kier molecular flexibility index (Phi) is 6.91. The molecule has 2 aromatic carbocycles. The predicted octanol–water partition coefficient (Wildman–Crippen LogP) is 3.75. The molecule has 0 heterocycles. The van der Waals surface area contributed by atoms with Crippen molar-refractivity contribution in [3.8, 4) is 5.75 Å². The molecule has 0 aliphatic heterocycles. The number of nitro groups is 4. The molecule has 148 valence electrons. The number of nitrogens with zero attached hydrogens (tertiary/aromatic N) is 4. The molecule has 0 saturated heterocycles. The smallest absolute Gasteiger partial charge is 0.320 e. The van der Waals surface area contributed by atoms with Gasteiger partial charge in [-0.15, -0.1) is 0 Å². The highest BCUT2D eigenvalue weighted by molar-refractivity contribution is 9.10. The molecule has 2 rings (SSSR count). The zero-order valence-corrected chi connectivity index (χ0v) is 14.5. The van der Waals surface area contributed by atoms with Gasteiger partial charge in [0.15, 0.2) is 4.47 Å². The van der Waals surface area contributed by atoms with Gasteiger partial charge in [-0.05, 0) is 15.9 Å². The quantitative estimate of drug-likeness (QED) is 0.515. The summed E-state index contributed by atoms with van der Waals surface area (Å²) in [6.07, 6.45) is 0. The van der Waals surface area contributed by atoms with E-state index in [0.29, 0.717) is 24.3 Å². The molecule has 1 N–H and O–H groups in total. The summed E-state index contributed by atoms with van der Waals surface area (Å²) in [4.78, 5) is 37.1. The van der Waals surface area contributed by atoms with Crippen molar-refractivity contribution in [3.05, 3.63) is 80.8 Å². The van der Waals surface area contributed by atoms with Crippen molar-refractivity contribution >= 4 is 38.7 Å². The normalized spacial score (nSPS) is 9.82. The number of halogens is 3. The number of hydrogen-bond donors (Lipinski definition) is 1. The average Bonchev–Trinajstić information content (AvgIpc) is 2.58. The minimum Gasteiger partial charge on any atom is -0.497 e. The van der Waals surface area contributed by atoms with Gasteiger partial charge in [-0.3, -0.25) is 40.5 Å². The molecule has 0 spiro atoms. The van der Waals surface area contributed by atoms with Crippen molar-refractivity contribution in [2.24, 2.45) is 0 Å². The van der Waals surface area contributed by atoms with Crippen LogP contribution in [0.3, 0.4) is 0 Å². The number of benzene rings is 2. The second kappa shape index (κ2) is 8.71. The Hall–Kier alpha value is -3.82. The SMILES string of the molecule is O=[N+]([O-])c1cc(F)cc([N+](=O)[O-])c1Br.O=[N+]([O-])c1cc(F)cc([N+](=O)[O-])c1O. The van der Waals surface area contributed by atoms with Crippen LogP contribution in [0.25, 0.3) is 0 Å². The van der Waals surface area contributed by atoms with E-state index >= 15 is 0 Å². The van der Waals surface area contributed by atoms with E-state index in [1.165, 1.54) is 0 Å². The first-order chi connectivity index (χ1) is 12.9. The van der Waals surface area contributed by atoms with Gasteiger partial charge in [-0.2, -0.15) is 0 Å². The summed E-state index contributed by atoms with van der Waals surface area (Å²) < 4.78 is 25.0. The van der Waals surface area contributed by atoms with Crippen LogP contribution in [0.2, 0.25) is 0 Å². The van der Waals surface area contributed by atoms with Crippen LogP contribution in [0.4, 0.5) is 31.5 Å². The van der Waals surface area contributed by atoms with Gasteiger partial charge in [-0.1, -0.05) is 0 Å². The summed E-state index contributed by atoms with van der Waals surface area (Å²) in [7, 11) is 0. The van der Waals surface area contributed by atoms with E-state index in [1.54, 1.807) is 0 Å². The van der Waals surface area contributed by atoms with E-state index in [9.17, 15) is 49.2 Å². The highest BCUT2D eigenvalue weighted by Gasteiger charge is 2.26. The van der Waals surface area contributed by atoms with Crippen molar-refractivity contribution in [1.29, 1.82) is 0 Å². The lowest BCUT2D eigenvalue weighted by molar-refractivity contribution is -0.396. The minimum absolute atomic E-state index is 0.339. The maximum Gasteiger partial charge on any atom is 0.320 e. The van der Waals surface area contributed by atoms with Crippen LogP contribution < -0.4 is 0 Å². The summed E-state index contributed by atoms with van der Waals surface area (Å²) in [5.74, 6) is -3.32. The molecule has 16 heteroatoms. The zero-order chi connectivity index (χ0) is 21.8. The third-order valence-corrected chi connectivity index (χ3v) is 3.63. The third kappa shape index (κ3) is 5.10. The zero-order valence-electron chi connectivity index (χ0n) is 12.9. The standard InChI is InChI=1S/C6H2BrFN2O4.C6H3FN2O5/c7-6-4(9(11)12)1-3(8)2-5(6)10(13)14;7-3-1-4(8(11)12)6(10)5(2-3)9(13)14/h1-2H;1-2,10H. The van der Waals surface area contributed by atoms with Gasteiger partial charge < -0.3 is 5.11 Å². The van der Waals surface area contributed by atoms with E-state index in [2.05, 4.69) is 15.9 Å². The van der Waals surface area contributed by atoms with Crippen LogP contribution in [0, 0.1) is 52.1 Å². The Labute approximate surface area is 159 Å². The maximum absolute atomic E-state index is 12.7.